The minimum Gasteiger partial charge on any atom is -0.323 e. The Morgan fingerprint density at radius 3 is 2.58 bits per heavy atom. The second-order valence-corrected chi connectivity index (χ2v) is 9.40. The topological polar surface area (TPSA) is 71.4 Å². The van der Waals surface area contributed by atoms with Gasteiger partial charge in [-0.3, -0.25) is 14.5 Å². The first-order chi connectivity index (χ1) is 14.7. The van der Waals surface area contributed by atoms with Crippen molar-refractivity contribution in [3.63, 3.8) is 0 Å². The number of aryl methyl sites for hydroxylation is 1. The van der Waals surface area contributed by atoms with Gasteiger partial charge in [0.05, 0.1) is 16.6 Å². The predicted octanol–water partition coefficient (Wildman–Crippen LogP) is 5.08. The quantitative estimate of drug-likeness (QED) is 0.509. The van der Waals surface area contributed by atoms with Crippen LogP contribution >= 0.6 is 23.2 Å². The summed E-state index contributed by atoms with van der Waals surface area (Å²) in [4.78, 5) is 40.0. The fourth-order valence-electron chi connectivity index (χ4n) is 4.93. The van der Waals surface area contributed by atoms with Gasteiger partial charge in [0.15, 0.2) is 5.78 Å². The molecule has 2 aromatic rings. The van der Waals surface area contributed by atoms with Gasteiger partial charge in [-0.05, 0) is 56.9 Å². The van der Waals surface area contributed by atoms with Gasteiger partial charge in [-0.1, -0.05) is 43.0 Å². The molecule has 0 bridgehead atoms. The third-order valence-corrected chi connectivity index (χ3v) is 7.44. The minimum atomic E-state index is -0.868. The summed E-state index contributed by atoms with van der Waals surface area (Å²) in [7, 11) is 0. The van der Waals surface area contributed by atoms with E-state index >= 15 is 0 Å². The molecule has 1 aliphatic heterocycles. The van der Waals surface area contributed by atoms with Crippen molar-refractivity contribution < 1.29 is 14.4 Å². The smallest absolute Gasteiger partial charge is 0.323 e. The van der Waals surface area contributed by atoms with Gasteiger partial charge in [0.2, 0.25) is 0 Å². The van der Waals surface area contributed by atoms with E-state index in [1.807, 2.05) is 31.4 Å². The van der Waals surface area contributed by atoms with Crippen molar-refractivity contribution in [2.24, 2.45) is 5.92 Å². The SMILES string of the molecule is Cc1cc(C(=O)CN2C(=O)NC3(CCCCC3C)C2=O)c(C)n1-c1ccc(Cl)c(Cl)c1. The van der Waals surface area contributed by atoms with Crippen molar-refractivity contribution >= 4 is 40.9 Å². The molecule has 3 amide bonds. The number of Topliss-reactive ketones (excluding diaryl/α,β-unsaturated/α-hetero) is 1. The van der Waals surface area contributed by atoms with E-state index in [0.717, 1.165) is 35.5 Å². The van der Waals surface area contributed by atoms with Gasteiger partial charge in [0.1, 0.15) is 5.54 Å². The number of hydrogen-bond donors (Lipinski definition) is 1. The maximum Gasteiger partial charge on any atom is 0.325 e. The summed E-state index contributed by atoms with van der Waals surface area (Å²) in [5.74, 6) is -0.503. The summed E-state index contributed by atoms with van der Waals surface area (Å²) >= 11 is 12.2. The van der Waals surface area contributed by atoms with E-state index in [4.69, 9.17) is 23.2 Å². The molecule has 1 N–H and O–H groups in total. The van der Waals surface area contributed by atoms with Crippen LogP contribution in [0.3, 0.4) is 0 Å². The number of nitrogens with zero attached hydrogens (tertiary/aromatic N) is 2. The zero-order valence-electron chi connectivity index (χ0n) is 17.8. The number of urea groups is 1. The molecule has 1 saturated carbocycles. The molecule has 1 aromatic heterocycles. The van der Waals surface area contributed by atoms with Crippen LogP contribution in [-0.2, 0) is 4.79 Å². The zero-order chi connectivity index (χ0) is 22.5. The molecule has 1 saturated heterocycles. The third kappa shape index (κ3) is 3.56. The second kappa shape index (κ2) is 7.99. The van der Waals surface area contributed by atoms with Crippen molar-refractivity contribution in [1.82, 2.24) is 14.8 Å². The number of imide groups is 1. The summed E-state index contributed by atoms with van der Waals surface area (Å²) in [6, 6.07) is 6.57. The molecule has 0 radical (unpaired) electrons. The Morgan fingerprint density at radius 2 is 1.90 bits per heavy atom. The normalized spacial score (nSPS) is 23.5. The summed E-state index contributed by atoms with van der Waals surface area (Å²) in [6.07, 6.45) is 3.45. The Labute approximate surface area is 191 Å². The molecule has 4 rings (SSSR count). The van der Waals surface area contributed by atoms with Crippen molar-refractivity contribution in [3.8, 4) is 5.69 Å². The Bertz CT molecular complexity index is 1090. The highest BCUT2D eigenvalue weighted by molar-refractivity contribution is 6.42. The lowest BCUT2D eigenvalue weighted by atomic mass is 9.73. The van der Waals surface area contributed by atoms with Crippen LogP contribution in [-0.4, -0.2) is 39.3 Å². The van der Waals surface area contributed by atoms with Crippen LogP contribution in [0.2, 0.25) is 10.0 Å². The first-order valence-electron chi connectivity index (χ1n) is 10.5. The number of carbonyl (C=O) groups excluding carboxylic acids is 3. The molecule has 6 nitrogen and oxygen atoms in total. The first kappa shape index (κ1) is 21.9. The molecule has 31 heavy (non-hydrogen) atoms. The van der Waals surface area contributed by atoms with Gasteiger partial charge < -0.3 is 9.88 Å². The Morgan fingerprint density at radius 1 is 1.16 bits per heavy atom. The first-order valence-corrected chi connectivity index (χ1v) is 11.2. The Kier molecular flexibility index (Phi) is 5.64. The molecule has 2 atom stereocenters. The van der Waals surface area contributed by atoms with Crippen molar-refractivity contribution in [1.29, 1.82) is 0 Å². The molecule has 164 valence electrons. The third-order valence-electron chi connectivity index (χ3n) is 6.70. The number of amides is 3. The van der Waals surface area contributed by atoms with E-state index in [9.17, 15) is 14.4 Å². The minimum absolute atomic E-state index is 0.0533. The van der Waals surface area contributed by atoms with E-state index in [-0.39, 0.29) is 24.2 Å². The van der Waals surface area contributed by atoms with Gasteiger partial charge in [0, 0.05) is 22.6 Å². The highest BCUT2D eigenvalue weighted by Crippen LogP contribution is 2.38. The number of benzene rings is 1. The van der Waals surface area contributed by atoms with Crippen LogP contribution in [0.5, 0.6) is 0 Å². The maximum atomic E-state index is 13.2. The summed E-state index contributed by atoms with van der Waals surface area (Å²) in [5.41, 5.74) is 1.95. The monoisotopic (exact) mass is 461 g/mol. The van der Waals surface area contributed by atoms with Crippen molar-refractivity contribution in [2.75, 3.05) is 6.54 Å². The van der Waals surface area contributed by atoms with Gasteiger partial charge in [-0.25, -0.2) is 4.79 Å². The van der Waals surface area contributed by atoms with Crippen molar-refractivity contribution in [3.05, 3.63) is 51.3 Å². The van der Waals surface area contributed by atoms with Gasteiger partial charge in [0.25, 0.3) is 5.91 Å². The van der Waals surface area contributed by atoms with Gasteiger partial charge in [-0.2, -0.15) is 0 Å². The van der Waals surface area contributed by atoms with Crippen LogP contribution in [0.25, 0.3) is 5.69 Å². The lowest BCUT2D eigenvalue weighted by Gasteiger charge is -2.36. The summed E-state index contributed by atoms with van der Waals surface area (Å²) < 4.78 is 1.91. The predicted molar refractivity (Wildman–Crippen MR) is 120 cm³/mol. The van der Waals surface area contributed by atoms with E-state index in [1.165, 1.54) is 0 Å². The number of nitrogens with one attached hydrogen (secondary N) is 1. The molecular formula is C23H25Cl2N3O3. The fraction of sp³-hybridized carbons (Fsp3) is 0.435. The lowest BCUT2D eigenvalue weighted by Crippen LogP contribution is -2.54. The largest absolute Gasteiger partial charge is 0.325 e. The lowest BCUT2D eigenvalue weighted by molar-refractivity contribution is -0.133. The fourth-order valence-corrected chi connectivity index (χ4v) is 5.23. The summed E-state index contributed by atoms with van der Waals surface area (Å²) in [6.45, 7) is 5.44. The van der Waals surface area contributed by atoms with E-state index in [0.29, 0.717) is 27.7 Å². The maximum absolute atomic E-state index is 13.2. The highest BCUT2D eigenvalue weighted by atomic mass is 35.5. The van der Waals surface area contributed by atoms with E-state index in [2.05, 4.69) is 5.32 Å². The van der Waals surface area contributed by atoms with Crippen LogP contribution < -0.4 is 5.32 Å². The Balaban J connectivity index is 1.60. The number of halogens is 2. The number of hydrogen-bond acceptors (Lipinski definition) is 3. The van der Waals surface area contributed by atoms with Crippen LogP contribution in [0.1, 0.15) is 54.4 Å². The van der Waals surface area contributed by atoms with Gasteiger partial charge >= 0.3 is 6.03 Å². The van der Waals surface area contributed by atoms with Crippen LogP contribution in [0.4, 0.5) is 4.79 Å². The Hall–Kier alpha value is -2.31. The van der Waals surface area contributed by atoms with Crippen molar-refractivity contribution in [2.45, 2.75) is 52.0 Å². The molecule has 1 aromatic carbocycles. The van der Waals surface area contributed by atoms with Crippen LogP contribution in [0, 0.1) is 19.8 Å². The molecule has 2 heterocycles. The average Bonchev–Trinajstić information content (AvgIpc) is 3.15. The molecule has 1 aliphatic carbocycles. The number of rotatable bonds is 4. The molecule has 8 heteroatoms. The van der Waals surface area contributed by atoms with E-state index in [1.54, 1.807) is 18.2 Å². The molecule has 2 fully saturated rings. The molecule has 2 aliphatic rings. The van der Waals surface area contributed by atoms with E-state index < -0.39 is 11.6 Å². The molecule has 2 unspecified atom stereocenters. The zero-order valence-corrected chi connectivity index (χ0v) is 19.3. The number of ketones is 1. The number of aromatic nitrogens is 1. The molecular weight excluding hydrogens is 437 g/mol. The summed E-state index contributed by atoms with van der Waals surface area (Å²) in [5, 5.41) is 3.77. The average molecular weight is 462 g/mol. The number of carbonyl (C=O) groups is 3. The molecule has 1 spiro atoms. The second-order valence-electron chi connectivity index (χ2n) is 8.58. The van der Waals surface area contributed by atoms with Gasteiger partial charge in [-0.15, -0.1) is 0 Å². The highest BCUT2D eigenvalue weighted by Gasteiger charge is 2.55. The standard InChI is InChI=1S/C23H25Cl2N3O3/c1-13-6-4-5-9-23(13)21(30)27(22(31)26-23)12-20(29)17-10-14(2)28(15(17)3)16-7-8-18(24)19(25)11-16/h7-8,10-11,13H,4-6,9,12H2,1-3H3,(H,26,31). The van der Waals surface area contributed by atoms with Crippen LogP contribution in [0.15, 0.2) is 24.3 Å².